The minimum absolute atomic E-state index is 0.177. The monoisotopic (exact) mass is 544 g/mol. The molecule has 0 aliphatic heterocycles. The molecule has 1 unspecified atom stereocenters. The summed E-state index contributed by atoms with van der Waals surface area (Å²) in [6, 6.07) is 21.8. The Balaban J connectivity index is 1.44. The Morgan fingerprint density at radius 2 is 1.07 bits per heavy atom. The number of hydrogen-bond donors (Lipinski definition) is 0. The van der Waals surface area contributed by atoms with Crippen molar-refractivity contribution in [1.82, 2.24) is 0 Å². The molecule has 0 heterocycles. The van der Waals surface area contributed by atoms with Gasteiger partial charge in [-0.3, -0.25) is 0 Å². The maximum absolute atomic E-state index is 12.6. The molecule has 3 aromatic rings. The molecule has 3 aromatic carbocycles. The highest BCUT2D eigenvalue weighted by Crippen LogP contribution is 2.24. The Hall–Kier alpha value is -3.60. The number of rotatable bonds is 16. The van der Waals surface area contributed by atoms with E-state index in [9.17, 15) is 9.59 Å². The van der Waals surface area contributed by atoms with Crippen LogP contribution in [0.4, 0.5) is 0 Å². The van der Waals surface area contributed by atoms with E-state index in [-0.39, 0.29) is 12.0 Å². The van der Waals surface area contributed by atoms with Crippen molar-refractivity contribution in [2.24, 2.45) is 5.92 Å². The van der Waals surface area contributed by atoms with Gasteiger partial charge in [-0.15, -0.1) is 0 Å². The van der Waals surface area contributed by atoms with E-state index in [4.69, 9.17) is 14.2 Å². The van der Waals surface area contributed by atoms with E-state index < -0.39 is 11.9 Å². The maximum Gasteiger partial charge on any atom is 0.343 e. The fourth-order valence-corrected chi connectivity index (χ4v) is 4.17. The minimum Gasteiger partial charge on any atom is -0.494 e. The molecule has 214 valence electrons. The third-order valence-corrected chi connectivity index (χ3v) is 7.11. The van der Waals surface area contributed by atoms with Crippen LogP contribution in [0.25, 0.3) is 11.1 Å². The summed E-state index contributed by atoms with van der Waals surface area (Å²) >= 11 is 0. The molecule has 1 atom stereocenters. The summed E-state index contributed by atoms with van der Waals surface area (Å²) in [7, 11) is 0. The van der Waals surface area contributed by atoms with Crippen molar-refractivity contribution in [1.29, 1.82) is 0 Å². The van der Waals surface area contributed by atoms with Crippen LogP contribution >= 0.6 is 0 Å². The lowest BCUT2D eigenvalue weighted by Gasteiger charge is -2.16. The number of carbonyl (C=O) groups is 2. The van der Waals surface area contributed by atoms with Gasteiger partial charge in [0.2, 0.25) is 0 Å². The van der Waals surface area contributed by atoms with Gasteiger partial charge in [0.1, 0.15) is 17.6 Å². The van der Waals surface area contributed by atoms with E-state index in [1.165, 1.54) is 44.9 Å². The smallest absolute Gasteiger partial charge is 0.343 e. The van der Waals surface area contributed by atoms with Crippen LogP contribution in [0.15, 0.2) is 72.8 Å². The average molecular weight is 545 g/mol. The van der Waals surface area contributed by atoms with E-state index in [1.807, 2.05) is 57.2 Å². The number of unbranched alkanes of at least 4 members (excludes halogenated alkanes) is 7. The molecule has 0 aromatic heterocycles. The molecular formula is C35H44O5. The summed E-state index contributed by atoms with van der Waals surface area (Å²) < 4.78 is 16.8. The Morgan fingerprint density at radius 3 is 1.65 bits per heavy atom. The zero-order chi connectivity index (χ0) is 28.7. The second-order valence-corrected chi connectivity index (χ2v) is 10.7. The molecule has 0 bridgehead atoms. The van der Waals surface area contributed by atoms with Gasteiger partial charge >= 0.3 is 11.9 Å². The van der Waals surface area contributed by atoms with Crippen LogP contribution in [0.3, 0.4) is 0 Å². The molecule has 5 heteroatoms. The van der Waals surface area contributed by atoms with Gasteiger partial charge < -0.3 is 14.2 Å². The Bertz CT molecular complexity index is 1160. The van der Waals surface area contributed by atoms with Crippen LogP contribution in [0.2, 0.25) is 0 Å². The topological polar surface area (TPSA) is 61.8 Å². The summed E-state index contributed by atoms with van der Waals surface area (Å²) in [5.74, 6) is 0.627. The molecular weight excluding hydrogens is 500 g/mol. The lowest BCUT2D eigenvalue weighted by atomic mass is 10.0. The van der Waals surface area contributed by atoms with E-state index in [2.05, 4.69) is 6.92 Å². The second kappa shape index (κ2) is 16.5. The highest BCUT2D eigenvalue weighted by atomic mass is 16.5. The standard InChI is InChI=1S/C35H44O5/c1-5-6-7-8-9-10-11-12-25-38-32-21-17-29(18-22-32)28-13-15-30(16-14-28)35(37)40-33-23-19-31(20-24-33)34(36)39-27(4)26(2)3/h13-24,26-27H,5-12,25H2,1-4H3. The first-order chi connectivity index (χ1) is 19.4. The highest BCUT2D eigenvalue weighted by Gasteiger charge is 2.15. The quantitative estimate of drug-likeness (QED) is 0.102. The summed E-state index contributed by atoms with van der Waals surface area (Å²) in [6.45, 7) is 8.86. The molecule has 0 aliphatic rings. The van der Waals surface area contributed by atoms with Crippen molar-refractivity contribution in [2.45, 2.75) is 85.2 Å². The first-order valence-corrected chi connectivity index (χ1v) is 14.7. The summed E-state index contributed by atoms with van der Waals surface area (Å²) in [5.41, 5.74) is 2.92. The largest absolute Gasteiger partial charge is 0.494 e. The molecule has 40 heavy (non-hydrogen) atoms. The average Bonchev–Trinajstić information content (AvgIpc) is 2.97. The van der Waals surface area contributed by atoms with Gasteiger partial charge in [-0.2, -0.15) is 0 Å². The van der Waals surface area contributed by atoms with E-state index in [1.54, 1.807) is 36.4 Å². The summed E-state index contributed by atoms with van der Waals surface area (Å²) in [5, 5.41) is 0. The zero-order valence-corrected chi connectivity index (χ0v) is 24.5. The molecule has 0 amide bonds. The van der Waals surface area contributed by atoms with Gasteiger partial charge in [-0.05, 0) is 78.9 Å². The molecule has 0 fully saturated rings. The summed E-state index contributed by atoms with van der Waals surface area (Å²) in [4.78, 5) is 24.9. The highest BCUT2D eigenvalue weighted by molar-refractivity contribution is 5.92. The Kier molecular flexibility index (Phi) is 12.8. The molecule has 5 nitrogen and oxygen atoms in total. The van der Waals surface area contributed by atoms with Crippen LogP contribution < -0.4 is 9.47 Å². The zero-order valence-electron chi connectivity index (χ0n) is 24.5. The fourth-order valence-electron chi connectivity index (χ4n) is 4.17. The van der Waals surface area contributed by atoms with Crippen molar-refractivity contribution in [3.63, 3.8) is 0 Å². The van der Waals surface area contributed by atoms with Gasteiger partial charge in [-0.1, -0.05) is 90.0 Å². The van der Waals surface area contributed by atoms with Crippen LogP contribution in [0, 0.1) is 5.92 Å². The SMILES string of the molecule is CCCCCCCCCCOc1ccc(-c2ccc(C(=O)Oc3ccc(C(=O)OC(C)C(C)C)cc3)cc2)cc1. The molecule has 3 rings (SSSR count). The lowest BCUT2D eigenvalue weighted by molar-refractivity contribution is 0.0238. The maximum atomic E-state index is 12.6. The Morgan fingerprint density at radius 1 is 0.600 bits per heavy atom. The number of ether oxygens (including phenoxy) is 3. The summed E-state index contributed by atoms with van der Waals surface area (Å²) in [6.07, 6.45) is 10.1. The predicted octanol–water partition coefficient (Wildman–Crippen LogP) is 9.29. The number of esters is 2. The van der Waals surface area contributed by atoms with Gasteiger partial charge in [-0.25, -0.2) is 9.59 Å². The van der Waals surface area contributed by atoms with Crippen molar-refractivity contribution < 1.29 is 23.8 Å². The van der Waals surface area contributed by atoms with Gasteiger partial charge in [0, 0.05) is 0 Å². The van der Waals surface area contributed by atoms with Crippen molar-refractivity contribution in [3.05, 3.63) is 83.9 Å². The second-order valence-electron chi connectivity index (χ2n) is 10.7. The van der Waals surface area contributed by atoms with Crippen LogP contribution in [0.1, 0.15) is 99.8 Å². The number of carbonyl (C=O) groups excluding carboxylic acids is 2. The minimum atomic E-state index is -0.458. The Labute approximate surface area is 239 Å². The van der Waals surface area contributed by atoms with Gasteiger partial charge in [0.05, 0.1) is 17.7 Å². The fraction of sp³-hybridized carbons (Fsp3) is 0.429. The van der Waals surface area contributed by atoms with Crippen LogP contribution in [-0.2, 0) is 4.74 Å². The van der Waals surface area contributed by atoms with Crippen LogP contribution in [-0.4, -0.2) is 24.6 Å². The normalized spacial score (nSPS) is 11.7. The van der Waals surface area contributed by atoms with Crippen molar-refractivity contribution in [3.8, 4) is 22.6 Å². The first kappa shape index (κ1) is 30.9. The van der Waals surface area contributed by atoms with E-state index in [0.717, 1.165) is 29.9 Å². The molecule has 0 radical (unpaired) electrons. The van der Waals surface area contributed by atoms with Gasteiger partial charge in [0.15, 0.2) is 0 Å². The van der Waals surface area contributed by atoms with Crippen LogP contribution in [0.5, 0.6) is 11.5 Å². The number of hydrogen-bond acceptors (Lipinski definition) is 5. The molecule has 0 N–H and O–H groups in total. The molecule has 0 saturated heterocycles. The van der Waals surface area contributed by atoms with E-state index in [0.29, 0.717) is 16.9 Å². The van der Waals surface area contributed by atoms with Crippen molar-refractivity contribution in [2.75, 3.05) is 6.61 Å². The van der Waals surface area contributed by atoms with Gasteiger partial charge in [0.25, 0.3) is 0 Å². The first-order valence-electron chi connectivity index (χ1n) is 14.7. The van der Waals surface area contributed by atoms with Crippen molar-refractivity contribution >= 4 is 11.9 Å². The third-order valence-electron chi connectivity index (χ3n) is 7.11. The number of benzene rings is 3. The molecule has 0 saturated carbocycles. The molecule has 0 aliphatic carbocycles. The van der Waals surface area contributed by atoms with E-state index >= 15 is 0 Å². The lowest BCUT2D eigenvalue weighted by Crippen LogP contribution is -2.20. The predicted molar refractivity (Wildman–Crippen MR) is 161 cm³/mol. The molecule has 0 spiro atoms. The third kappa shape index (κ3) is 10.2.